The van der Waals surface area contributed by atoms with Crippen molar-refractivity contribution in [2.75, 3.05) is 0 Å². The molecule has 9 aromatic rings. The molecule has 0 aromatic heterocycles. The van der Waals surface area contributed by atoms with Crippen molar-refractivity contribution >= 4 is 43.1 Å². The first-order valence-corrected chi connectivity index (χ1v) is 17.3. The highest BCUT2D eigenvalue weighted by atomic mass is 14.4. The summed E-state index contributed by atoms with van der Waals surface area (Å²) >= 11 is 0. The van der Waals surface area contributed by atoms with E-state index in [0.29, 0.717) is 0 Å². The minimum Gasteiger partial charge on any atom is -0.0619 e. The van der Waals surface area contributed by atoms with Gasteiger partial charge in [-0.1, -0.05) is 172 Å². The lowest BCUT2D eigenvalue weighted by Crippen LogP contribution is -2.15. The number of fused-ring (bicyclic) bond motifs is 8. The molecule has 0 fully saturated rings. The molecule has 230 valence electrons. The molecule has 1 aliphatic carbocycles. The van der Waals surface area contributed by atoms with Gasteiger partial charge in [-0.2, -0.15) is 0 Å². The lowest BCUT2D eigenvalue weighted by atomic mass is 9.79. The van der Waals surface area contributed by atoms with Crippen molar-refractivity contribution in [1.29, 1.82) is 0 Å². The zero-order valence-electron chi connectivity index (χ0n) is 27.7. The van der Waals surface area contributed by atoms with Gasteiger partial charge in [0.05, 0.1) is 0 Å². The largest absolute Gasteiger partial charge is 0.0619 e. The minimum atomic E-state index is -0.0753. The molecule has 0 saturated carbocycles. The van der Waals surface area contributed by atoms with E-state index in [1.807, 2.05) is 0 Å². The molecule has 0 amide bonds. The summed E-state index contributed by atoms with van der Waals surface area (Å²) in [6.07, 6.45) is 0. The van der Waals surface area contributed by atoms with Crippen LogP contribution >= 0.6 is 0 Å². The highest BCUT2D eigenvalue weighted by Gasteiger charge is 2.36. The third-order valence-electron chi connectivity index (χ3n) is 11.0. The topological polar surface area (TPSA) is 0 Å². The SMILES string of the molecule is CC1(C)c2ccccc2-c2ccc3c(-c4c5ccccc5c(-c5cccc(-c6ccc7ccccc7c6)c5)c5ccccc45)cccc3c21. The Morgan fingerprint density at radius 3 is 1.67 bits per heavy atom. The van der Waals surface area contributed by atoms with Crippen LogP contribution in [0, 0.1) is 0 Å². The molecule has 0 radical (unpaired) electrons. The van der Waals surface area contributed by atoms with Crippen molar-refractivity contribution in [2.45, 2.75) is 19.3 Å². The Balaban J connectivity index is 1.23. The van der Waals surface area contributed by atoms with Crippen LogP contribution in [0.4, 0.5) is 0 Å². The van der Waals surface area contributed by atoms with Crippen molar-refractivity contribution in [3.8, 4) is 44.5 Å². The van der Waals surface area contributed by atoms with Gasteiger partial charge < -0.3 is 0 Å². The molecule has 9 aromatic carbocycles. The van der Waals surface area contributed by atoms with Gasteiger partial charge in [0.15, 0.2) is 0 Å². The molecule has 0 saturated heterocycles. The molecule has 1 aliphatic rings. The van der Waals surface area contributed by atoms with Crippen LogP contribution < -0.4 is 0 Å². The molecular weight excluding hydrogens is 589 g/mol. The van der Waals surface area contributed by atoms with Gasteiger partial charge in [-0.3, -0.25) is 0 Å². The van der Waals surface area contributed by atoms with Crippen LogP contribution in [-0.4, -0.2) is 0 Å². The zero-order chi connectivity index (χ0) is 32.7. The van der Waals surface area contributed by atoms with E-state index in [-0.39, 0.29) is 5.41 Å². The number of rotatable bonds is 3. The second-order valence-electron chi connectivity index (χ2n) is 14.0. The van der Waals surface area contributed by atoms with Gasteiger partial charge in [0.1, 0.15) is 0 Å². The van der Waals surface area contributed by atoms with E-state index in [1.165, 1.54) is 98.7 Å². The molecule has 49 heavy (non-hydrogen) atoms. The van der Waals surface area contributed by atoms with Crippen LogP contribution in [0.25, 0.3) is 87.6 Å². The fraction of sp³-hybridized carbons (Fsp3) is 0.0612. The predicted octanol–water partition coefficient (Wildman–Crippen LogP) is 13.6. The second-order valence-corrected chi connectivity index (χ2v) is 14.0. The second kappa shape index (κ2) is 10.5. The summed E-state index contributed by atoms with van der Waals surface area (Å²) in [6.45, 7) is 4.77. The van der Waals surface area contributed by atoms with Crippen molar-refractivity contribution < 1.29 is 0 Å². The maximum atomic E-state index is 2.38. The Hall–Kier alpha value is -5.98. The molecule has 0 spiro atoms. The van der Waals surface area contributed by atoms with Crippen molar-refractivity contribution in [3.05, 3.63) is 181 Å². The summed E-state index contributed by atoms with van der Waals surface area (Å²) in [6, 6.07) is 63.1. The first-order valence-electron chi connectivity index (χ1n) is 17.3. The van der Waals surface area contributed by atoms with Crippen molar-refractivity contribution in [3.63, 3.8) is 0 Å². The predicted molar refractivity (Wildman–Crippen MR) is 210 cm³/mol. The highest BCUT2D eigenvalue weighted by molar-refractivity contribution is 6.24. The molecule has 0 aliphatic heterocycles. The monoisotopic (exact) mass is 622 g/mol. The number of hydrogen-bond donors (Lipinski definition) is 0. The molecule has 0 unspecified atom stereocenters. The Kier molecular flexibility index (Phi) is 6.02. The third kappa shape index (κ3) is 4.11. The number of benzene rings is 9. The molecule has 0 N–H and O–H groups in total. The summed E-state index contributed by atoms with van der Waals surface area (Å²) in [5.74, 6) is 0. The van der Waals surface area contributed by atoms with Gasteiger partial charge in [0, 0.05) is 5.41 Å². The van der Waals surface area contributed by atoms with Gasteiger partial charge in [-0.25, -0.2) is 0 Å². The Labute approximate surface area is 286 Å². The van der Waals surface area contributed by atoms with Crippen LogP contribution in [0.5, 0.6) is 0 Å². The molecule has 0 heterocycles. The van der Waals surface area contributed by atoms with Gasteiger partial charge >= 0.3 is 0 Å². The third-order valence-corrected chi connectivity index (χ3v) is 11.0. The molecule has 0 nitrogen and oxygen atoms in total. The normalized spacial score (nSPS) is 13.3. The van der Waals surface area contributed by atoms with E-state index in [9.17, 15) is 0 Å². The first kappa shape index (κ1) is 28.1. The van der Waals surface area contributed by atoms with Crippen LogP contribution in [0.3, 0.4) is 0 Å². The minimum absolute atomic E-state index is 0.0753. The van der Waals surface area contributed by atoms with E-state index in [2.05, 4.69) is 184 Å². The van der Waals surface area contributed by atoms with E-state index < -0.39 is 0 Å². The Bertz CT molecular complexity index is 2740. The highest BCUT2D eigenvalue weighted by Crippen LogP contribution is 2.53. The average molecular weight is 623 g/mol. The van der Waals surface area contributed by atoms with Crippen molar-refractivity contribution in [2.24, 2.45) is 0 Å². The fourth-order valence-electron chi connectivity index (χ4n) is 8.82. The lowest BCUT2D eigenvalue weighted by molar-refractivity contribution is 0.666. The van der Waals surface area contributed by atoms with Crippen LogP contribution in [0.2, 0.25) is 0 Å². The Morgan fingerprint density at radius 2 is 0.898 bits per heavy atom. The van der Waals surface area contributed by atoms with E-state index in [4.69, 9.17) is 0 Å². The summed E-state index contributed by atoms with van der Waals surface area (Å²) in [5.41, 5.74) is 13.1. The van der Waals surface area contributed by atoms with Gasteiger partial charge in [0.25, 0.3) is 0 Å². The standard InChI is InChI=1S/C49H34/c1-49(2)45-24-10-9-17-37(45)44-28-27-36-38(22-12-23-43(36)48(44)49)47-41-20-7-5-18-39(41)46(40-19-6-8-21-42(40)47)35-16-11-15-33(30-35)34-26-25-31-13-3-4-14-32(31)29-34/h3-30H,1-2H3. The quantitative estimate of drug-likeness (QED) is 0.172. The van der Waals surface area contributed by atoms with E-state index in [1.54, 1.807) is 0 Å². The number of hydrogen-bond acceptors (Lipinski definition) is 0. The van der Waals surface area contributed by atoms with Crippen LogP contribution in [0.1, 0.15) is 25.0 Å². The lowest BCUT2D eigenvalue weighted by Gasteiger charge is -2.24. The summed E-state index contributed by atoms with van der Waals surface area (Å²) in [5, 5.41) is 10.3. The van der Waals surface area contributed by atoms with E-state index >= 15 is 0 Å². The fourth-order valence-corrected chi connectivity index (χ4v) is 8.82. The van der Waals surface area contributed by atoms with Gasteiger partial charge in [-0.15, -0.1) is 0 Å². The Morgan fingerprint density at radius 1 is 0.327 bits per heavy atom. The first-order chi connectivity index (χ1) is 24.1. The van der Waals surface area contributed by atoms with Gasteiger partial charge in [0.2, 0.25) is 0 Å². The van der Waals surface area contributed by atoms with E-state index in [0.717, 1.165) is 0 Å². The van der Waals surface area contributed by atoms with Gasteiger partial charge in [-0.05, 0) is 111 Å². The smallest absolute Gasteiger partial charge is 0.0165 e. The molecular formula is C49H34. The van der Waals surface area contributed by atoms with Crippen molar-refractivity contribution in [1.82, 2.24) is 0 Å². The molecule has 0 heteroatoms. The molecule has 0 bridgehead atoms. The van der Waals surface area contributed by atoms with Crippen LogP contribution in [-0.2, 0) is 5.41 Å². The maximum Gasteiger partial charge on any atom is 0.0165 e. The van der Waals surface area contributed by atoms with Crippen LogP contribution in [0.15, 0.2) is 170 Å². The summed E-state index contributed by atoms with van der Waals surface area (Å²) in [4.78, 5) is 0. The zero-order valence-corrected chi connectivity index (χ0v) is 27.7. The molecule has 0 atom stereocenters. The summed E-state index contributed by atoms with van der Waals surface area (Å²) in [7, 11) is 0. The summed E-state index contributed by atoms with van der Waals surface area (Å²) < 4.78 is 0. The maximum absolute atomic E-state index is 2.38. The molecule has 10 rings (SSSR count). The average Bonchev–Trinajstić information content (AvgIpc) is 3.39.